The molecule has 4 heteroatoms. The van der Waals surface area contributed by atoms with Gasteiger partial charge in [0.05, 0.1) is 6.57 Å². The minimum Gasteiger partial charge on any atom is -0.508 e. The molecule has 1 aromatic carbocycles. The molecule has 17 heavy (non-hydrogen) atoms. The molecular formula is C13H13N3O. The van der Waals surface area contributed by atoms with Gasteiger partial charge in [0.15, 0.2) is 0 Å². The van der Waals surface area contributed by atoms with Crippen molar-refractivity contribution >= 4 is 11.5 Å². The summed E-state index contributed by atoms with van der Waals surface area (Å²) in [5.41, 5.74) is 8.05. The molecule has 0 aliphatic carbocycles. The zero-order chi connectivity index (χ0) is 12.4. The summed E-state index contributed by atoms with van der Waals surface area (Å²) in [5.74, 6) is 0.701. The fourth-order valence-corrected chi connectivity index (χ4v) is 1.79. The number of phenolic OH excluding ortho intramolecular Hbond substituents is 1. The van der Waals surface area contributed by atoms with Crippen LogP contribution in [0.15, 0.2) is 30.5 Å². The molecule has 0 fully saturated rings. The first-order valence-corrected chi connectivity index (χ1v) is 5.32. The van der Waals surface area contributed by atoms with Crippen LogP contribution in [-0.2, 0) is 6.54 Å². The summed E-state index contributed by atoms with van der Waals surface area (Å²) in [5, 5.41) is 9.25. The number of nitrogens with zero attached hydrogens (tertiary/aromatic N) is 2. The number of hydrogen-bond acceptors (Lipinski definition) is 2. The van der Waals surface area contributed by atoms with E-state index >= 15 is 0 Å². The van der Waals surface area contributed by atoms with Crippen molar-refractivity contribution in [3.05, 3.63) is 41.9 Å². The van der Waals surface area contributed by atoms with Crippen LogP contribution in [-0.4, -0.2) is 9.67 Å². The monoisotopic (exact) mass is 227 g/mol. The molecule has 0 unspecified atom stereocenters. The lowest BCUT2D eigenvalue weighted by Crippen LogP contribution is -1.97. The van der Waals surface area contributed by atoms with Crippen molar-refractivity contribution in [1.29, 1.82) is 0 Å². The van der Waals surface area contributed by atoms with Gasteiger partial charge in [0.1, 0.15) is 11.6 Å². The van der Waals surface area contributed by atoms with Crippen molar-refractivity contribution in [2.24, 2.45) is 0 Å². The molecule has 2 aromatic rings. The molecule has 0 aliphatic rings. The number of aromatic nitrogens is 1. The zero-order valence-corrected chi connectivity index (χ0v) is 9.51. The summed E-state index contributed by atoms with van der Waals surface area (Å²) < 4.78 is 1.84. The van der Waals surface area contributed by atoms with Crippen molar-refractivity contribution in [1.82, 2.24) is 4.57 Å². The Morgan fingerprint density at radius 3 is 2.53 bits per heavy atom. The van der Waals surface area contributed by atoms with E-state index in [4.69, 9.17) is 12.3 Å². The van der Waals surface area contributed by atoms with Crippen LogP contribution in [0.2, 0.25) is 0 Å². The third-order valence-corrected chi connectivity index (χ3v) is 2.72. The highest BCUT2D eigenvalue weighted by Crippen LogP contribution is 2.37. The lowest BCUT2D eigenvalue weighted by atomic mass is 10.1. The van der Waals surface area contributed by atoms with Gasteiger partial charge < -0.3 is 15.4 Å². The Labute approximate surface area is 99.7 Å². The highest BCUT2D eigenvalue weighted by Gasteiger charge is 2.14. The molecule has 0 aliphatic heterocycles. The van der Waals surface area contributed by atoms with E-state index in [-0.39, 0.29) is 5.75 Å². The number of anilines is 1. The number of phenols is 1. The van der Waals surface area contributed by atoms with Crippen molar-refractivity contribution in [2.75, 3.05) is 5.73 Å². The van der Waals surface area contributed by atoms with E-state index in [9.17, 15) is 5.11 Å². The Hall–Kier alpha value is -2.41. The maximum Gasteiger partial charge on any atom is 0.234 e. The SMILES string of the molecule is [C-]#[N+]c1c(-c2ccc(O)cc2)cn(CC)c1N. The first-order chi connectivity index (χ1) is 8.17. The summed E-state index contributed by atoms with van der Waals surface area (Å²) in [7, 11) is 0. The van der Waals surface area contributed by atoms with Crippen LogP contribution in [0.5, 0.6) is 5.75 Å². The number of aromatic hydroxyl groups is 1. The Balaban J connectivity index is 2.59. The zero-order valence-electron chi connectivity index (χ0n) is 9.51. The molecule has 0 amide bonds. The fraction of sp³-hybridized carbons (Fsp3) is 0.154. The van der Waals surface area contributed by atoms with Crippen LogP contribution in [0.1, 0.15) is 6.92 Å². The Morgan fingerprint density at radius 1 is 1.35 bits per heavy atom. The van der Waals surface area contributed by atoms with E-state index in [0.29, 0.717) is 11.5 Å². The topological polar surface area (TPSA) is 55.5 Å². The minimum atomic E-state index is 0.209. The van der Waals surface area contributed by atoms with Gasteiger partial charge in [-0.1, -0.05) is 12.1 Å². The molecule has 0 spiro atoms. The van der Waals surface area contributed by atoms with E-state index in [1.54, 1.807) is 24.3 Å². The Morgan fingerprint density at radius 2 is 2.00 bits per heavy atom. The second-order valence-corrected chi connectivity index (χ2v) is 3.72. The molecule has 3 N–H and O–H groups in total. The summed E-state index contributed by atoms with van der Waals surface area (Å²) >= 11 is 0. The molecule has 0 bridgehead atoms. The molecule has 4 nitrogen and oxygen atoms in total. The predicted octanol–water partition coefficient (Wildman–Crippen LogP) is 3.01. The van der Waals surface area contributed by atoms with Gasteiger partial charge in [-0.2, -0.15) is 0 Å². The summed E-state index contributed by atoms with van der Waals surface area (Å²) in [6.45, 7) is 9.89. The lowest BCUT2D eigenvalue weighted by molar-refractivity contribution is 0.475. The number of nitrogens with two attached hydrogens (primary N) is 1. The van der Waals surface area contributed by atoms with Crippen LogP contribution in [0, 0.1) is 6.57 Å². The normalized spacial score (nSPS) is 10.1. The average Bonchev–Trinajstić information content (AvgIpc) is 2.66. The van der Waals surface area contributed by atoms with Gasteiger partial charge in [0.25, 0.3) is 0 Å². The first kappa shape index (κ1) is 11.1. The first-order valence-electron chi connectivity index (χ1n) is 5.32. The third kappa shape index (κ3) is 1.83. The van der Waals surface area contributed by atoms with Crippen molar-refractivity contribution < 1.29 is 5.11 Å². The second kappa shape index (κ2) is 4.22. The molecule has 0 atom stereocenters. The Bertz CT molecular complexity index is 576. The molecule has 86 valence electrons. The third-order valence-electron chi connectivity index (χ3n) is 2.72. The van der Waals surface area contributed by atoms with Crippen molar-refractivity contribution in [3.8, 4) is 16.9 Å². The molecule has 0 saturated heterocycles. The van der Waals surface area contributed by atoms with Crippen LogP contribution in [0.25, 0.3) is 16.0 Å². The predicted molar refractivity (Wildman–Crippen MR) is 67.9 cm³/mol. The molecule has 0 radical (unpaired) electrons. The second-order valence-electron chi connectivity index (χ2n) is 3.72. The number of rotatable bonds is 2. The maximum atomic E-state index is 9.25. The van der Waals surface area contributed by atoms with Gasteiger partial charge in [-0.3, -0.25) is 0 Å². The molecule has 1 heterocycles. The maximum absolute atomic E-state index is 9.25. The summed E-state index contributed by atoms with van der Waals surface area (Å²) in [6.07, 6.45) is 1.87. The van der Waals surface area contributed by atoms with Gasteiger partial charge in [0.2, 0.25) is 5.69 Å². The quantitative estimate of drug-likeness (QED) is 0.775. The van der Waals surface area contributed by atoms with Crippen molar-refractivity contribution in [3.63, 3.8) is 0 Å². The van der Waals surface area contributed by atoms with Gasteiger partial charge in [-0.25, -0.2) is 4.85 Å². The lowest BCUT2D eigenvalue weighted by Gasteiger charge is -1.99. The van der Waals surface area contributed by atoms with Gasteiger partial charge in [-0.05, 0) is 24.6 Å². The minimum absolute atomic E-state index is 0.209. The van der Waals surface area contributed by atoms with Crippen LogP contribution < -0.4 is 5.73 Å². The molecule has 2 rings (SSSR count). The fourth-order valence-electron chi connectivity index (χ4n) is 1.79. The molecule has 0 saturated carbocycles. The molecular weight excluding hydrogens is 214 g/mol. The number of nitrogen functional groups attached to an aromatic ring is 1. The highest BCUT2D eigenvalue weighted by atomic mass is 16.3. The smallest absolute Gasteiger partial charge is 0.234 e. The Kier molecular flexibility index (Phi) is 2.75. The van der Waals surface area contributed by atoms with E-state index in [0.717, 1.165) is 17.7 Å². The van der Waals surface area contributed by atoms with Gasteiger partial charge in [0, 0.05) is 18.3 Å². The average molecular weight is 227 g/mol. The van der Waals surface area contributed by atoms with Crippen LogP contribution in [0.3, 0.4) is 0 Å². The van der Waals surface area contributed by atoms with E-state index in [1.807, 2.05) is 17.7 Å². The number of benzene rings is 1. The summed E-state index contributed by atoms with van der Waals surface area (Å²) in [6, 6.07) is 6.75. The van der Waals surface area contributed by atoms with Gasteiger partial charge in [-0.15, -0.1) is 0 Å². The van der Waals surface area contributed by atoms with Gasteiger partial charge >= 0.3 is 0 Å². The molecule has 1 aromatic heterocycles. The largest absolute Gasteiger partial charge is 0.508 e. The van der Waals surface area contributed by atoms with E-state index in [1.165, 1.54) is 0 Å². The standard InChI is InChI=1S/C13H13N3O/c1-3-16-8-11(12(15-2)13(16)14)9-4-6-10(17)7-5-9/h4-8,17H,3,14H2,1H3. The van der Waals surface area contributed by atoms with Crippen molar-refractivity contribution in [2.45, 2.75) is 13.5 Å². The number of hydrogen-bond donors (Lipinski definition) is 2. The van der Waals surface area contributed by atoms with Crippen LogP contribution in [0.4, 0.5) is 11.5 Å². The summed E-state index contributed by atoms with van der Waals surface area (Å²) in [4.78, 5) is 3.48. The van der Waals surface area contributed by atoms with E-state index in [2.05, 4.69) is 4.85 Å². The van der Waals surface area contributed by atoms with E-state index < -0.39 is 0 Å². The van der Waals surface area contributed by atoms with Crippen LogP contribution >= 0.6 is 0 Å². The highest BCUT2D eigenvalue weighted by molar-refractivity contribution is 5.86. The number of aryl methyl sites for hydroxylation is 1.